The summed E-state index contributed by atoms with van der Waals surface area (Å²) in [6.45, 7) is 7.71. The maximum absolute atomic E-state index is 10.1. The highest BCUT2D eigenvalue weighted by Gasteiger charge is 2.26. The molecule has 0 heterocycles. The summed E-state index contributed by atoms with van der Waals surface area (Å²) in [5.74, 6) is 0. The third-order valence-corrected chi connectivity index (χ3v) is 2.25. The highest BCUT2D eigenvalue weighted by Crippen LogP contribution is 2.25. The molecule has 2 nitrogen and oxygen atoms in total. The lowest BCUT2D eigenvalue weighted by Gasteiger charge is -2.28. The summed E-state index contributed by atoms with van der Waals surface area (Å²) in [5.41, 5.74) is -0.240. The fourth-order valence-electron chi connectivity index (χ4n) is 1.34. The Morgan fingerprint density at radius 3 is 2.09 bits per heavy atom. The second-order valence-corrected chi connectivity index (χ2v) is 2.83. The van der Waals surface area contributed by atoms with Crippen LogP contribution in [0.5, 0.6) is 0 Å². The molecule has 2 heteroatoms. The van der Waals surface area contributed by atoms with Gasteiger partial charge >= 0.3 is 6.47 Å². The Bertz CT molecular complexity index is 106. The number of carbonyl (C=O) groups excluding carboxylic acids is 1. The molecule has 0 saturated heterocycles. The first-order valence-corrected chi connectivity index (χ1v) is 4.29. The van der Waals surface area contributed by atoms with Gasteiger partial charge in [0.25, 0.3) is 0 Å². The summed E-state index contributed by atoms with van der Waals surface area (Å²) in [4.78, 5) is 10.1. The van der Waals surface area contributed by atoms with Gasteiger partial charge in [0.05, 0.1) is 0 Å². The fourth-order valence-corrected chi connectivity index (χ4v) is 1.34. The molecule has 11 heavy (non-hydrogen) atoms. The van der Waals surface area contributed by atoms with Gasteiger partial charge in [0.15, 0.2) is 0 Å². The lowest BCUT2D eigenvalue weighted by molar-refractivity contribution is 0.0338. The zero-order chi connectivity index (χ0) is 8.74. The first-order chi connectivity index (χ1) is 5.24. The van der Waals surface area contributed by atoms with Gasteiger partial charge in [-0.25, -0.2) is 4.79 Å². The summed E-state index contributed by atoms with van der Waals surface area (Å²) >= 11 is 0. The van der Waals surface area contributed by atoms with Crippen LogP contribution >= 0.6 is 0 Å². The molecule has 0 aromatic rings. The van der Waals surface area contributed by atoms with Gasteiger partial charge in [0.1, 0.15) is 5.60 Å². The highest BCUT2D eigenvalue weighted by molar-refractivity contribution is 5.39. The standard InChI is InChI=1S/C9H17O2/c1-4-7-9(5-2,6-3)11-8-10/h4-7H2,1-3H3. The summed E-state index contributed by atoms with van der Waals surface area (Å²) in [5, 5.41) is 0. The smallest absolute Gasteiger partial charge is 0.418 e. The Kier molecular flexibility index (Phi) is 4.92. The zero-order valence-electron chi connectivity index (χ0n) is 7.64. The molecule has 0 bridgehead atoms. The lowest BCUT2D eigenvalue weighted by Crippen LogP contribution is -2.30. The molecule has 0 atom stereocenters. The van der Waals surface area contributed by atoms with Crippen molar-refractivity contribution in [2.24, 2.45) is 0 Å². The van der Waals surface area contributed by atoms with E-state index in [9.17, 15) is 4.79 Å². The minimum Gasteiger partial charge on any atom is -0.451 e. The summed E-state index contributed by atoms with van der Waals surface area (Å²) in [6.07, 6.45) is 3.75. The molecule has 0 aliphatic carbocycles. The van der Waals surface area contributed by atoms with Crippen LogP contribution in [0.25, 0.3) is 0 Å². The van der Waals surface area contributed by atoms with E-state index < -0.39 is 0 Å². The molecule has 0 amide bonds. The monoisotopic (exact) mass is 157 g/mol. The van der Waals surface area contributed by atoms with Gasteiger partial charge in [-0.05, 0) is 19.3 Å². The molecule has 0 N–H and O–H groups in total. The van der Waals surface area contributed by atoms with E-state index in [2.05, 4.69) is 6.92 Å². The van der Waals surface area contributed by atoms with Gasteiger partial charge in [-0.3, -0.25) is 0 Å². The molecule has 0 spiro atoms. The topological polar surface area (TPSA) is 26.3 Å². The van der Waals surface area contributed by atoms with E-state index in [4.69, 9.17) is 4.74 Å². The predicted octanol–water partition coefficient (Wildman–Crippen LogP) is 2.43. The van der Waals surface area contributed by atoms with Crippen LogP contribution in [-0.2, 0) is 9.53 Å². The van der Waals surface area contributed by atoms with Crippen molar-refractivity contribution in [3.63, 3.8) is 0 Å². The Labute approximate surface area is 68.9 Å². The molecular weight excluding hydrogens is 140 g/mol. The van der Waals surface area contributed by atoms with Crippen molar-refractivity contribution < 1.29 is 9.53 Å². The average molecular weight is 157 g/mol. The van der Waals surface area contributed by atoms with Crippen LogP contribution in [0.4, 0.5) is 0 Å². The van der Waals surface area contributed by atoms with Gasteiger partial charge in [-0.1, -0.05) is 27.2 Å². The van der Waals surface area contributed by atoms with Crippen molar-refractivity contribution in [3.8, 4) is 0 Å². The molecule has 0 aromatic heterocycles. The maximum Gasteiger partial charge on any atom is 0.418 e. The van der Waals surface area contributed by atoms with E-state index in [1.807, 2.05) is 13.8 Å². The van der Waals surface area contributed by atoms with Crippen molar-refractivity contribution in [1.29, 1.82) is 0 Å². The van der Waals surface area contributed by atoms with Crippen LogP contribution in [0.1, 0.15) is 46.5 Å². The number of rotatable bonds is 6. The van der Waals surface area contributed by atoms with Crippen molar-refractivity contribution in [2.45, 2.75) is 52.1 Å². The molecule has 0 aromatic carbocycles. The van der Waals surface area contributed by atoms with E-state index >= 15 is 0 Å². The van der Waals surface area contributed by atoms with E-state index in [1.54, 1.807) is 6.47 Å². The Balaban J connectivity index is 4.06. The summed E-state index contributed by atoms with van der Waals surface area (Å²) < 4.78 is 4.96. The molecular formula is C9H17O2. The Morgan fingerprint density at radius 2 is 1.82 bits per heavy atom. The number of hydrogen-bond acceptors (Lipinski definition) is 2. The predicted molar refractivity (Wildman–Crippen MR) is 45.0 cm³/mol. The number of ether oxygens (including phenoxy) is 1. The van der Waals surface area contributed by atoms with E-state index in [1.165, 1.54) is 0 Å². The third kappa shape index (κ3) is 2.91. The largest absolute Gasteiger partial charge is 0.451 e. The van der Waals surface area contributed by atoms with Crippen molar-refractivity contribution in [3.05, 3.63) is 0 Å². The molecule has 0 saturated carbocycles. The van der Waals surface area contributed by atoms with Crippen LogP contribution in [0.2, 0.25) is 0 Å². The third-order valence-electron chi connectivity index (χ3n) is 2.25. The summed E-state index contributed by atoms with van der Waals surface area (Å²) in [6, 6.07) is 0. The quantitative estimate of drug-likeness (QED) is 0.592. The first-order valence-electron chi connectivity index (χ1n) is 4.29. The van der Waals surface area contributed by atoms with Gasteiger partial charge < -0.3 is 4.74 Å². The number of hydrogen-bond donors (Lipinski definition) is 0. The molecule has 0 rings (SSSR count). The van der Waals surface area contributed by atoms with Crippen molar-refractivity contribution in [1.82, 2.24) is 0 Å². The zero-order valence-corrected chi connectivity index (χ0v) is 7.64. The fraction of sp³-hybridized carbons (Fsp3) is 0.889. The van der Waals surface area contributed by atoms with Gasteiger partial charge in [-0.2, -0.15) is 0 Å². The Morgan fingerprint density at radius 1 is 1.27 bits per heavy atom. The minimum atomic E-state index is -0.240. The van der Waals surface area contributed by atoms with Crippen LogP contribution in [0, 0.1) is 0 Å². The molecule has 0 fully saturated rings. The van der Waals surface area contributed by atoms with Gasteiger partial charge in [-0.15, -0.1) is 0 Å². The molecule has 0 aliphatic heterocycles. The second kappa shape index (κ2) is 5.16. The maximum atomic E-state index is 10.1. The van der Waals surface area contributed by atoms with Crippen molar-refractivity contribution in [2.75, 3.05) is 0 Å². The van der Waals surface area contributed by atoms with E-state index in [0.29, 0.717) is 0 Å². The van der Waals surface area contributed by atoms with Crippen LogP contribution in [0.15, 0.2) is 0 Å². The lowest BCUT2D eigenvalue weighted by atomic mass is 9.92. The SMILES string of the molecule is CCCC(CC)(CC)O[C]=O. The molecule has 0 unspecified atom stereocenters. The van der Waals surface area contributed by atoms with Crippen LogP contribution in [0.3, 0.4) is 0 Å². The van der Waals surface area contributed by atoms with Crippen LogP contribution < -0.4 is 0 Å². The highest BCUT2D eigenvalue weighted by atomic mass is 16.5. The average Bonchev–Trinajstić information content (AvgIpc) is 2.04. The first kappa shape index (κ1) is 10.5. The van der Waals surface area contributed by atoms with Crippen molar-refractivity contribution >= 4 is 6.47 Å². The van der Waals surface area contributed by atoms with Gasteiger partial charge in [0, 0.05) is 0 Å². The normalized spacial score (nSPS) is 11.2. The minimum absolute atomic E-state index is 0.240. The molecule has 65 valence electrons. The van der Waals surface area contributed by atoms with E-state index in [0.717, 1.165) is 25.7 Å². The summed E-state index contributed by atoms with van der Waals surface area (Å²) in [7, 11) is 0. The second-order valence-electron chi connectivity index (χ2n) is 2.83. The van der Waals surface area contributed by atoms with E-state index in [-0.39, 0.29) is 5.60 Å². The molecule has 0 aliphatic rings. The van der Waals surface area contributed by atoms with Crippen LogP contribution in [-0.4, -0.2) is 12.1 Å². The van der Waals surface area contributed by atoms with Gasteiger partial charge in [0.2, 0.25) is 0 Å². The Hall–Kier alpha value is -0.530. The molecule has 1 radical (unpaired) electrons.